The van der Waals surface area contributed by atoms with Crippen LogP contribution in [0.15, 0.2) is 60.0 Å². The van der Waals surface area contributed by atoms with Gasteiger partial charge in [-0.05, 0) is 30.2 Å². The summed E-state index contributed by atoms with van der Waals surface area (Å²) in [5, 5.41) is 4.82. The summed E-state index contributed by atoms with van der Waals surface area (Å²) < 4.78 is 26.6. The van der Waals surface area contributed by atoms with Crippen LogP contribution in [-0.2, 0) is 14.8 Å². The maximum atomic E-state index is 12.6. The van der Waals surface area contributed by atoms with Gasteiger partial charge in [0.15, 0.2) is 0 Å². The lowest BCUT2D eigenvalue weighted by Gasteiger charge is -2.33. The van der Waals surface area contributed by atoms with Gasteiger partial charge in [-0.15, -0.1) is 0 Å². The number of hydrogen-bond acceptors (Lipinski definition) is 4. The van der Waals surface area contributed by atoms with E-state index in [1.54, 1.807) is 12.1 Å². The number of halogens is 1. The Hall–Kier alpha value is -2.19. The van der Waals surface area contributed by atoms with Crippen molar-refractivity contribution in [2.45, 2.75) is 13.0 Å². The standard InChI is InChI=1S/C22H26ClN3O3S/c1-18(20-9-5-6-10-21(20)23)24-22(27)17-25-12-14-26(15-13-25)30(28,29)16-11-19-7-3-2-4-8-19/h2-11,16,18H,12-15,17H2,1H3,(H,24,27)/b16-11+. The summed E-state index contributed by atoms with van der Waals surface area (Å²) in [6.07, 6.45) is 1.60. The molecule has 1 atom stereocenters. The maximum absolute atomic E-state index is 12.6. The fourth-order valence-corrected chi connectivity index (χ4v) is 4.82. The summed E-state index contributed by atoms with van der Waals surface area (Å²) in [6, 6.07) is 16.5. The number of sulfonamides is 1. The van der Waals surface area contributed by atoms with Gasteiger partial charge in [0, 0.05) is 36.6 Å². The van der Waals surface area contributed by atoms with Crippen LogP contribution in [0.1, 0.15) is 24.1 Å². The van der Waals surface area contributed by atoms with Crippen molar-refractivity contribution in [2.75, 3.05) is 32.7 Å². The molecule has 8 heteroatoms. The molecule has 1 saturated heterocycles. The van der Waals surface area contributed by atoms with Crippen LogP contribution < -0.4 is 5.32 Å². The first-order valence-corrected chi connectivity index (χ1v) is 11.7. The monoisotopic (exact) mass is 447 g/mol. The molecule has 1 unspecified atom stereocenters. The molecule has 1 aliphatic rings. The van der Waals surface area contributed by atoms with Crippen LogP contribution in [0.5, 0.6) is 0 Å². The molecular weight excluding hydrogens is 422 g/mol. The summed E-state index contributed by atoms with van der Waals surface area (Å²) in [4.78, 5) is 14.4. The second kappa shape index (κ2) is 10.2. The van der Waals surface area contributed by atoms with Crippen molar-refractivity contribution in [1.82, 2.24) is 14.5 Å². The van der Waals surface area contributed by atoms with Crippen molar-refractivity contribution in [3.63, 3.8) is 0 Å². The molecule has 1 fully saturated rings. The second-order valence-corrected chi connectivity index (χ2v) is 9.47. The molecule has 0 spiro atoms. The minimum atomic E-state index is -3.48. The van der Waals surface area contributed by atoms with E-state index in [0.29, 0.717) is 31.2 Å². The lowest BCUT2D eigenvalue weighted by molar-refractivity contribution is -0.123. The quantitative estimate of drug-likeness (QED) is 0.707. The number of amides is 1. The number of piperazine rings is 1. The first-order valence-electron chi connectivity index (χ1n) is 9.84. The van der Waals surface area contributed by atoms with E-state index in [-0.39, 0.29) is 18.5 Å². The molecule has 0 aromatic heterocycles. The Morgan fingerprint density at radius 2 is 1.70 bits per heavy atom. The van der Waals surface area contributed by atoms with Gasteiger partial charge in [-0.3, -0.25) is 9.69 Å². The minimum Gasteiger partial charge on any atom is -0.348 e. The highest BCUT2D eigenvalue weighted by Gasteiger charge is 2.26. The molecule has 1 N–H and O–H groups in total. The zero-order chi connectivity index (χ0) is 21.6. The average molecular weight is 448 g/mol. The lowest BCUT2D eigenvalue weighted by Crippen LogP contribution is -2.50. The summed E-state index contributed by atoms with van der Waals surface area (Å²) >= 11 is 6.19. The first-order chi connectivity index (χ1) is 14.3. The smallest absolute Gasteiger partial charge is 0.236 e. The third kappa shape index (κ3) is 6.15. The molecule has 2 aromatic carbocycles. The minimum absolute atomic E-state index is 0.109. The van der Waals surface area contributed by atoms with Crippen LogP contribution >= 0.6 is 11.6 Å². The van der Waals surface area contributed by atoms with Crippen LogP contribution in [0.2, 0.25) is 5.02 Å². The second-order valence-electron chi connectivity index (χ2n) is 7.24. The Bertz CT molecular complexity index is 988. The molecule has 1 amide bonds. The number of hydrogen-bond donors (Lipinski definition) is 1. The fraction of sp³-hybridized carbons (Fsp3) is 0.318. The number of nitrogens with one attached hydrogen (secondary N) is 1. The molecule has 0 radical (unpaired) electrons. The number of nitrogens with zero attached hydrogens (tertiary/aromatic N) is 2. The molecule has 6 nitrogen and oxygen atoms in total. The Labute approximate surface area is 183 Å². The van der Waals surface area contributed by atoms with Crippen molar-refractivity contribution < 1.29 is 13.2 Å². The molecule has 2 aromatic rings. The number of benzene rings is 2. The summed E-state index contributed by atoms with van der Waals surface area (Å²) in [7, 11) is -3.48. The van der Waals surface area contributed by atoms with E-state index in [1.165, 1.54) is 9.71 Å². The fourth-order valence-electron chi connectivity index (χ4n) is 3.35. The van der Waals surface area contributed by atoms with E-state index in [4.69, 9.17) is 11.6 Å². The first kappa shape index (κ1) is 22.5. The average Bonchev–Trinajstić information content (AvgIpc) is 2.73. The van der Waals surface area contributed by atoms with E-state index in [9.17, 15) is 13.2 Å². The summed E-state index contributed by atoms with van der Waals surface area (Å²) in [5.74, 6) is -0.109. The lowest BCUT2D eigenvalue weighted by atomic mass is 10.1. The van der Waals surface area contributed by atoms with E-state index in [1.807, 2.05) is 60.4 Å². The van der Waals surface area contributed by atoms with Crippen molar-refractivity contribution in [1.29, 1.82) is 0 Å². The van der Waals surface area contributed by atoms with Gasteiger partial charge in [0.1, 0.15) is 0 Å². The predicted molar refractivity (Wildman–Crippen MR) is 120 cm³/mol. The SMILES string of the molecule is CC(NC(=O)CN1CCN(S(=O)(=O)/C=C/c2ccccc2)CC1)c1ccccc1Cl. The summed E-state index contributed by atoms with van der Waals surface area (Å²) in [6.45, 7) is 3.84. The van der Waals surface area contributed by atoms with Crippen LogP contribution in [-0.4, -0.2) is 56.3 Å². The highest BCUT2D eigenvalue weighted by Crippen LogP contribution is 2.22. The Morgan fingerprint density at radius 1 is 1.07 bits per heavy atom. The van der Waals surface area contributed by atoms with Gasteiger partial charge < -0.3 is 5.32 Å². The third-order valence-electron chi connectivity index (χ3n) is 5.04. The van der Waals surface area contributed by atoms with Crippen molar-refractivity contribution in [3.8, 4) is 0 Å². The van der Waals surface area contributed by atoms with E-state index in [2.05, 4.69) is 5.32 Å². The highest BCUT2D eigenvalue weighted by atomic mass is 35.5. The van der Waals surface area contributed by atoms with Crippen molar-refractivity contribution in [3.05, 3.63) is 76.2 Å². The van der Waals surface area contributed by atoms with E-state index in [0.717, 1.165) is 11.1 Å². The Balaban J connectivity index is 1.48. The zero-order valence-corrected chi connectivity index (χ0v) is 18.4. The van der Waals surface area contributed by atoms with Crippen LogP contribution in [0.25, 0.3) is 6.08 Å². The van der Waals surface area contributed by atoms with Gasteiger partial charge in [0.25, 0.3) is 0 Å². The number of rotatable bonds is 7. The van der Waals surface area contributed by atoms with Crippen LogP contribution in [0.3, 0.4) is 0 Å². The highest BCUT2D eigenvalue weighted by molar-refractivity contribution is 7.92. The molecule has 0 aliphatic carbocycles. The van der Waals surface area contributed by atoms with Crippen molar-refractivity contribution >= 4 is 33.6 Å². The maximum Gasteiger partial charge on any atom is 0.236 e. The van der Waals surface area contributed by atoms with Gasteiger partial charge in [-0.1, -0.05) is 60.1 Å². The largest absolute Gasteiger partial charge is 0.348 e. The molecule has 30 heavy (non-hydrogen) atoms. The molecule has 3 rings (SSSR count). The molecular formula is C22H26ClN3O3S. The molecule has 1 heterocycles. The predicted octanol–water partition coefficient (Wildman–Crippen LogP) is 3.14. The third-order valence-corrected chi connectivity index (χ3v) is 6.95. The normalized spacial score (nSPS) is 17.1. The van der Waals surface area contributed by atoms with Gasteiger partial charge in [0.05, 0.1) is 12.6 Å². The molecule has 1 aliphatic heterocycles. The van der Waals surface area contributed by atoms with Crippen LogP contribution in [0.4, 0.5) is 0 Å². The molecule has 160 valence electrons. The molecule has 0 bridgehead atoms. The topological polar surface area (TPSA) is 69.7 Å². The van der Waals surface area contributed by atoms with Gasteiger partial charge in [0.2, 0.25) is 15.9 Å². The Morgan fingerprint density at radius 3 is 2.37 bits per heavy atom. The van der Waals surface area contributed by atoms with Gasteiger partial charge >= 0.3 is 0 Å². The van der Waals surface area contributed by atoms with Gasteiger partial charge in [-0.25, -0.2) is 8.42 Å². The summed E-state index contributed by atoms with van der Waals surface area (Å²) in [5.41, 5.74) is 1.71. The molecule has 0 saturated carbocycles. The van der Waals surface area contributed by atoms with Crippen LogP contribution in [0, 0.1) is 0 Å². The zero-order valence-electron chi connectivity index (χ0n) is 16.9. The van der Waals surface area contributed by atoms with E-state index < -0.39 is 10.0 Å². The van der Waals surface area contributed by atoms with Gasteiger partial charge in [-0.2, -0.15) is 4.31 Å². The Kier molecular flexibility index (Phi) is 7.66. The van der Waals surface area contributed by atoms with E-state index >= 15 is 0 Å². The number of carbonyl (C=O) groups is 1. The van der Waals surface area contributed by atoms with Crippen molar-refractivity contribution in [2.24, 2.45) is 0 Å². The number of carbonyl (C=O) groups excluding carboxylic acids is 1.